The summed E-state index contributed by atoms with van der Waals surface area (Å²) in [6.45, 7) is 3.56. The monoisotopic (exact) mass is 310 g/mol. The predicted octanol–water partition coefficient (Wildman–Crippen LogP) is 1.53. The van der Waals surface area contributed by atoms with Crippen molar-refractivity contribution in [3.8, 4) is 5.75 Å². The maximum absolute atomic E-state index is 12.2. The van der Waals surface area contributed by atoms with Crippen LogP contribution in [0, 0.1) is 0 Å². The number of urea groups is 1. The molecule has 2 amide bonds. The first kappa shape index (κ1) is 15.8. The largest absolute Gasteiger partial charge is 0.496 e. The molecule has 0 saturated carbocycles. The molecular formula is C15H22N2O3S. The Balaban J connectivity index is 1.98. The first-order chi connectivity index (χ1) is 10.0. The minimum Gasteiger partial charge on any atom is -0.496 e. The lowest BCUT2D eigenvalue weighted by molar-refractivity contribution is 0.192. The Morgan fingerprint density at radius 1 is 1.52 bits per heavy atom. The lowest BCUT2D eigenvalue weighted by Gasteiger charge is -2.30. The average molecular weight is 310 g/mol. The van der Waals surface area contributed by atoms with Gasteiger partial charge in [-0.15, -0.1) is 0 Å². The van der Waals surface area contributed by atoms with Gasteiger partial charge in [0.05, 0.1) is 7.11 Å². The molecule has 1 heterocycles. The molecule has 2 atom stereocenters. The first-order valence-corrected chi connectivity index (χ1v) is 8.64. The van der Waals surface area contributed by atoms with Gasteiger partial charge in [-0.3, -0.25) is 4.21 Å². The van der Waals surface area contributed by atoms with Crippen molar-refractivity contribution in [1.82, 2.24) is 10.2 Å². The third-order valence-electron chi connectivity index (χ3n) is 3.84. The SMILES string of the molecule is COc1cccc2c1CCN(C(=O)NCC(C)S(C)=O)C2. The van der Waals surface area contributed by atoms with E-state index < -0.39 is 10.8 Å². The number of nitrogens with zero attached hydrogens (tertiary/aromatic N) is 1. The second-order valence-corrected chi connectivity index (χ2v) is 7.07. The molecule has 0 fully saturated rings. The summed E-state index contributed by atoms with van der Waals surface area (Å²) in [7, 11) is 0.746. The van der Waals surface area contributed by atoms with Crippen molar-refractivity contribution in [3.63, 3.8) is 0 Å². The van der Waals surface area contributed by atoms with Crippen molar-refractivity contribution < 1.29 is 13.7 Å². The van der Waals surface area contributed by atoms with Crippen molar-refractivity contribution >= 4 is 16.8 Å². The fourth-order valence-electron chi connectivity index (χ4n) is 2.40. The number of hydrogen-bond donors (Lipinski definition) is 1. The van der Waals surface area contributed by atoms with E-state index in [1.165, 1.54) is 5.56 Å². The maximum Gasteiger partial charge on any atom is 0.317 e. The summed E-state index contributed by atoms with van der Waals surface area (Å²) in [5.41, 5.74) is 2.31. The van der Waals surface area contributed by atoms with Crippen LogP contribution in [0.15, 0.2) is 18.2 Å². The second kappa shape index (κ2) is 6.93. The highest BCUT2D eigenvalue weighted by atomic mass is 32.2. The van der Waals surface area contributed by atoms with Gasteiger partial charge in [-0.2, -0.15) is 0 Å². The number of rotatable bonds is 4. The summed E-state index contributed by atoms with van der Waals surface area (Å²) in [4.78, 5) is 14.0. The average Bonchev–Trinajstić information content (AvgIpc) is 2.50. The smallest absolute Gasteiger partial charge is 0.317 e. The molecule has 21 heavy (non-hydrogen) atoms. The number of methoxy groups -OCH3 is 1. The Morgan fingerprint density at radius 2 is 2.29 bits per heavy atom. The molecule has 0 saturated heterocycles. The van der Waals surface area contributed by atoms with Crippen LogP contribution in [0.2, 0.25) is 0 Å². The van der Waals surface area contributed by atoms with Crippen LogP contribution < -0.4 is 10.1 Å². The van der Waals surface area contributed by atoms with Crippen LogP contribution in [0.1, 0.15) is 18.1 Å². The molecular weight excluding hydrogens is 288 g/mol. The Kier molecular flexibility index (Phi) is 5.22. The van der Waals surface area contributed by atoms with E-state index in [9.17, 15) is 9.00 Å². The van der Waals surface area contributed by atoms with Gasteiger partial charge in [0.25, 0.3) is 0 Å². The third-order valence-corrected chi connectivity index (χ3v) is 5.14. The number of hydrogen-bond acceptors (Lipinski definition) is 3. The van der Waals surface area contributed by atoms with Crippen LogP contribution in [0.25, 0.3) is 0 Å². The van der Waals surface area contributed by atoms with Crippen LogP contribution in [0.4, 0.5) is 4.79 Å². The van der Waals surface area contributed by atoms with E-state index in [0.29, 0.717) is 19.6 Å². The third kappa shape index (κ3) is 3.75. The quantitative estimate of drug-likeness (QED) is 0.917. The van der Waals surface area contributed by atoms with Crippen LogP contribution in [-0.2, 0) is 23.8 Å². The Labute approximate surface area is 128 Å². The van der Waals surface area contributed by atoms with Gasteiger partial charge in [0.1, 0.15) is 5.75 Å². The minimum absolute atomic E-state index is 0.0360. The molecule has 1 aromatic rings. The number of carbonyl (C=O) groups is 1. The molecule has 2 rings (SSSR count). The van der Waals surface area contributed by atoms with Crippen molar-refractivity contribution in [2.75, 3.05) is 26.5 Å². The summed E-state index contributed by atoms with van der Waals surface area (Å²) in [6.07, 6.45) is 2.45. The highest BCUT2D eigenvalue weighted by Gasteiger charge is 2.23. The molecule has 5 nitrogen and oxygen atoms in total. The van der Waals surface area contributed by atoms with Gasteiger partial charge in [-0.25, -0.2) is 4.79 Å². The number of ether oxygens (including phenoxy) is 1. The molecule has 1 aromatic carbocycles. The van der Waals surface area contributed by atoms with Crippen LogP contribution in [0.3, 0.4) is 0 Å². The summed E-state index contributed by atoms with van der Waals surface area (Å²) in [6, 6.07) is 5.83. The highest BCUT2D eigenvalue weighted by Crippen LogP contribution is 2.27. The topological polar surface area (TPSA) is 58.6 Å². The maximum atomic E-state index is 12.2. The van der Waals surface area contributed by atoms with Gasteiger partial charge in [0.2, 0.25) is 0 Å². The predicted molar refractivity (Wildman–Crippen MR) is 84.0 cm³/mol. The van der Waals surface area contributed by atoms with E-state index in [1.54, 1.807) is 18.3 Å². The molecule has 2 unspecified atom stereocenters. The van der Waals surface area contributed by atoms with Crippen molar-refractivity contribution in [1.29, 1.82) is 0 Å². The standard InChI is InChI=1S/C15H22N2O3S/c1-11(21(3)19)9-16-15(18)17-8-7-13-12(10-17)5-4-6-14(13)20-2/h4-6,11H,7-10H2,1-3H3,(H,16,18). The minimum atomic E-state index is -0.922. The number of amides is 2. The fourth-order valence-corrected chi connectivity index (χ4v) is 2.72. The van der Waals surface area contributed by atoms with E-state index in [4.69, 9.17) is 4.74 Å². The summed E-state index contributed by atoms with van der Waals surface area (Å²) < 4.78 is 16.7. The molecule has 0 radical (unpaired) electrons. The summed E-state index contributed by atoms with van der Waals surface area (Å²) >= 11 is 0. The molecule has 1 aliphatic heterocycles. The van der Waals surface area contributed by atoms with E-state index in [0.717, 1.165) is 17.7 Å². The molecule has 0 aromatic heterocycles. The summed E-state index contributed by atoms with van der Waals surface area (Å²) in [5, 5.41) is 2.82. The first-order valence-electron chi connectivity index (χ1n) is 7.02. The lowest BCUT2D eigenvalue weighted by atomic mass is 9.99. The molecule has 0 spiro atoms. The second-order valence-electron chi connectivity index (χ2n) is 5.26. The van der Waals surface area contributed by atoms with Crippen molar-refractivity contribution in [2.24, 2.45) is 0 Å². The van der Waals surface area contributed by atoms with Crippen molar-refractivity contribution in [2.45, 2.75) is 25.1 Å². The zero-order valence-corrected chi connectivity index (χ0v) is 13.5. The zero-order chi connectivity index (χ0) is 15.4. The zero-order valence-electron chi connectivity index (χ0n) is 12.7. The molecule has 0 aliphatic carbocycles. The van der Waals surface area contributed by atoms with E-state index in [1.807, 2.05) is 25.1 Å². The number of nitrogens with one attached hydrogen (secondary N) is 1. The van der Waals surface area contributed by atoms with Gasteiger partial charge in [0, 0.05) is 47.5 Å². The lowest BCUT2D eigenvalue weighted by Crippen LogP contribution is -2.45. The van der Waals surface area contributed by atoms with Crippen LogP contribution in [0.5, 0.6) is 5.75 Å². The van der Waals surface area contributed by atoms with E-state index in [2.05, 4.69) is 5.32 Å². The molecule has 116 valence electrons. The number of fused-ring (bicyclic) bond motifs is 1. The Hall–Kier alpha value is -1.56. The molecule has 1 N–H and O–H groups in total. The molecule has 6 heteroatoms. The Bertz CT molecular complexity index is 548. The number of carbonyl (C=O) groups excluding carboxylic acids is 1. The van der Waals surface area contributed by atoms with Crippen molar-refractivity contribution in [3.05, 3.63) is 29.3 Å². The van der Waals surface area contributed by atoms with Gasteiger partial charge in [-0.05, 0) is 25.0 Å². The van der Waals surface area contributed by atoms with Gasteiger partial charge >= 0.3 is 6.03 Å². The van der Waals surface area contributed by atoms with Crippen LogP contribution >= 0.6 is 0 Å². The van der Waals surface area contributed by atoms with Crippen LogP contribution in [-0.4, -0.2) is 46.8 Å². The summed E-state index contributed by atoms with van der Waals surface area (Å²) in [5.74, 6) is 0.891. The van der Waals surface area contributed by atoms with Gasteiger partial charge in [0.15, 0.2) is 0 Å². The van der Waals surface area contributed by atoms with E-state index >= 15 is 0 Å². The van der Waals surface area contributed by atoms with Gasteiger partial charge in [-0.1, -0.05) is 12.1 Å². The number of benzene rings is 1. The molecule has 1 aliphatic rings. The molecule has 0 bridgehead atoms. The fraction of sp³-hybridized carbons (Fsp3) is 0.533. The van der Waals surface area contributed by atoms with Gasteiger partial charge < -0.3 is 15.0 Å². The normalized spacial score (nSPS) is 16.8. The Morgan fingerprint density at radius 3 is 2.95 bits per heavy atom. The van der Waals surface area contributed by atoms with E-state index in [-0.39, 0.29) is 11.3 Å². The highest BCUT2D eigenvalue weighted by molar-refractivity contribution is 7.84.